The molecule has 0 amide bonds. The third-order valence-corrected chi connectivity index (χ3v) is 2.80. The van der Waals surface area contributed by atoms with Gasteiger partial charge in [0, 0.05) is 10.8 Å². The molecule has 2 heterocycles. The Kier molecular flexibility index (Phi) is 1.70. The van der Waals surface area contributed by atoms with E-state index >= 15 is 0 Å². The Hall–Kier alpha value is -1.61. The number of nitrogens with zero attached hydrogens (tertiary/aromatic N) is 3. The first kappa shape index (κ1) is 8.68. The lowest BCUT2D eigenvalue weighted by Crippen LogP contribution is -1.95. The summed E-state index contributed by atoms with van der Waals surface area (Å²) in [5.74, 6) is 0.845. The van der Waals surface area contributed by atoms with Gasteiger partial charge in [0.05, 0.1) is 11.7 Å². The highest BCUT2D eigenvalue weighted by Gasteiger charge is 2.08. The summed E-state index contributed by atoms with van der Waals surface area (Å²) in [6.45, 7) is 1.91. The molecule has 2 aromatic heterocycles. The molecule has 0 aliphatic carbocycles. The van der Waals surface area contributed by atoms with Gasteiger partial charge in [0.25, 0.3) is 0 Å². The average Bonchev–Trinajstić information content (AvgIpc) is 2.62. The van der Waals surface area contributed by atoms with Gasteiger partial charge in [-0.1, -0.05) is 35.9 Å². The maximum absolute atomic E-state index is 6.11. The highest BCUT2D eigenvalue weighted by atomic mass is 35.5. The molecule has 0 N–H and O–H groups in total. The number of aryl methyl sites for hydroxylation is 1. The highest BCUT2D eigenvalue weighted by Crippen LogP contribution is 2.25. The molecule has 0 fully saturated rings. The van der Waals surface area contributed by atoms with Gasteiger partial charge in [0.2, 0.25) is 0 Å². The standard InChI is InChI=1S/C11H8ClN3/c1-7-13-6-10-8-4-2-3-5-9(8)11(12)14-15(7)10/h2-6H,1H3. The molecule has 1 aromatic carbocycles. The van der Waals surface area contributed by atoms with Gasteiger partial charge in [0.1, 0.15) is 5.82 Å². The molecule has 0 unspecified atom stereocenters. The predicted molar refractivity (Wildman–Crippen MR) is 60.2 cm³/mol. The molecule has 0 aliphatic heterocycles. The van der Waals surface area contributed by atoms with Crippen molar-refractivity contribution in [1.29, 1.82) is 0 Å². The van der Waals surface area contributed by atoms with E-state index in [4.69, 9.17) is 11.6 Å². The summed E-state index contributed by atoms with van der Waals surface area (Å²) in [6, 6.07) is 7.93. The normalized spacial score (nSPS) is 11.3. The number of hydrogen-bond acceptors (Lipinski definition) is 2. The van der Waals surface area contributed by atoms with Crippen molar-refractivity contribution in [3.63, 3.8) is 0 Å². The van der Waals surface area contributed by atoms with Gasteiger partial charge < -0.3 is 0 Å². The molecule has 0 spiro atoms. The average molecular weight is 218 g/mol. The molecule has 3 nitrogen and oxygen atoms in total. The van der Waals surface area contributed by atoms with Crippen LogP contribution in [-0.2, 0) is 0 Å². The van der Waals surface area contributed by atoms with E-state index in [1.165, 1.54) is 0 Å². The van der Waals surface area contributed by atoms with Crippen molar-refractivity contribution in [3.05, 3.63) is 41.4 Å². The zero-order valence-corrected chi connectivity index (χ0v) is 8.86. The van der Waals surface area contributed by atoms with E-state index < -0.39 is 0 Å². The van der Waals surface area contributed by atoms with Gasteiger partial charge in [-0.15, -0.1) is 0 Å². The van der Waals surface area contributed by atoms with Crippen LogP contribution in [0.5, 0.6) is 0 Å². The third kappa shape index (κ3) is 1.13. The third-order valence-electron chi connectivity index (χ3n) is 2.52. The lowest BCUT2D eigenvalue weighted by atomic mass is 10.2. The van der Waals surface area contributed by atoms with E-state index in [-0.39, 0.29) is 0 Å². The van der Waals surface area contributed by atoms with Crippen LogP contribution in [0, 0.1) is 6.92 Å². The smallest absolute Gasteiger partial charge is 0.157 e. The second-order valence-corrected chi connectivity index (χ2v) is 3.80. The van der Waals surface area contributed by atoms with Crippen molar-refractivity contribution in [1.82, 2.24) is 14.6 Å². The number of halogens is 1. The molecule has 0 radical (unpaired) electrons. The van der Waals surface area contributed by atoms with Crippen molar-refractivity contribution >= 4 is 27.9 Å². The Morgan fingerprint density at radius 3 is 2.73 bits per heavy atom. The summed E-state index contributed by atoms with van der Waals surface area (Å²) in [5.41, 5.74) is 0.993. The van der Waals surface area contributed by atoms with Gasteiger partial charge in [-0.3, -0.25) is 0 Å². The largest absolute Gasteiger partial charge is 0.239 e. The first-order valence-electron chi connectivity index (χ1n) is 4.66. The fraction of sp³-hybridized carbons (Fsp3) is 0.0909. The number of hydrogen-bond donors (Lipinski definition) is 0. The highest BCUT2D eigenvalue weighted by molar-refractivity contribution is 6.34. The Morgan fingerprint density at radius 1 is 1.20 bits per heavy atom. The summed E-state index contributed by atoms with van der Waals surface area (Å²) in [5, 5.41) is 6.84. The van der Waals surface area contributed by atoms with Crippen LogP contribution in [0.4, 0.5) is 0 Å². The Bertz CT molecular complexity index is 657. The van der Waals surface area contributed by atoms with Crippen LogP contribution in [-0.4, -0.2) is 14.6 Å². The monoisotopic (exact) mass is 217 g/mol. The fourth-order valence-corrected chi connectivity index (χ4v) is 2.02. The fourth-order valence-electron chi connectivity index (χ4n) is 1.78. The van der Waals surface area contributed by atoms with Gasteiger partial charge in [0.15, 0.2) is 5.15 Å². The van der Waals surface area contributed by atoms with Gasteiger partial charge >= 0.3 is 0 Å². The molecule has 0 bridgehead atoms. The maximum Gasteiger partial charge on any atom is 0.157 e. The molecular weight excluding hydrogens is 210 g/mol. The second-order valence-electron chi connectivity index (χ2n) is 3.44. The van der Waals surface area contributed by atoms with Crippen LogP contribution in [0.3, 0.4) is 0 Å². The van der Waals surface area contributed by atoms with Gasteiger partial charge in [-0.2, -0.15) is 5.10 Å². The lowest BCUT2D eigenvalue weighted by molar-refractivity contribution is 0.885. The van der Waals surface area contributed by atoms with Crippen molar-refractivity contribution in [2.45, 2.75) is 6.92 Å². The minimum atomic E-state index is 0.513. The zero-order chi connectivity index (χ0) is 10.4. The van der Waals surface area contributed by atoms with Crippen molar-refractivity contribution in [3.8, 4) is 0 Å². The summed E-state index contributed by atoms with van der Waals surface area (Å²) in [6.07, 6.45) is 1.82. The molecule has 0 saturated carbocycles. The molecule has 74 valence electrons. The van der Waals surface area contributed by atoms with E-state index in [1.54, 1.807) is 4.52 Å². The lowest BCUT2D eigenvalue weighted by Gasteiger charge is -2.02. The molecule has 0 aliphatic rings. The van der Waals surface area contributed by atoms with Gasteiger partial charge in [-0.05, 0) is 6.92 Å². The quantitative estimate of drug-likeness (QED) is 0.580. The first-order chi connectivity index (χ1) is 7.27. The van der Waals surface area contributed by atoms with Crippen LogP contribution in [0.1, 0.15) is 5.82 Å². The summed E-state index contributed by atoms with van der Waals surface area (Å²) in [7, 11) is 0. The Balaban J connectivity index is 2.65. The van der Waals surface area contributed by atoms with Crippen molar-refractivity contribution in [2.75, 3.05) is 0 Å². The molecular formula is C11H8ClN3. The first-order valence-corrected chi connectivity index (χ1v) is 5.04. The van der Waals surface area contributed by atoms with Crippen LogP contribution in [0.2, 0.25) is 5.15 Å². The SMILES string of the molecule is Cc1ncc2c3ccccc3c(Cl)nn12. The number of benzene rings is 1. The Morgan fingerprint density at radius 2 is 1.93 bits per heavy atom. The van der Waals surface area contributed by atoms with Gasteiger partial charge in [-0.25, -0.2) is 9.50 Å². The van der Waals surface area contributed by atoms with Crippen LogP contribution in [0.25, 0.3) is 16.3 Å². The summed E-state index contributed by atoms with van der Waals surface area (Å²) in [4.78, 5) is 4.23. The molecule has 3 rings (SSSR count). The second kappa shape index (κ2) is 2.94. The summed E-state index contributed by atoms with van der Waals surface area (Å²) < 4.78 is 1.77. The van der Waals surface area contributed by atoms with Crippen LogP contribution in [0.15, 0.2) is 30.5 Å². The van der Waals surface area contributed by atoms with E-state index in [9.17, 15) is 0 Å². The van der Waals surface area contributed by atoms with Crippen molar-refractivity contribution in [2.24, 2.45) is 0 Å². The molecule has 4 heteroatoms. The maximum atomic E-state index is 6.11. The number of aromatic nitrogens is 3. The van der Waals surface area contributed by atoms with Crippen LogP contribution < -0.4 is 0 Å². The molecule has 15 heavy (non-hydrogen) atoms. The predicted octanol–water partition coefficient (Wildman–Crippen LogP) is 2.84. The number of rotatable bonds is 0. The minimum absolute atomic E-state index is 0.513. The topological polar surface area (TPSA) is 30.2 Å². The van der Waals surface area contributed by atoms with E-state index in [0.29, 0.717) is 5.15 Å². The molecule has 0 atom stereocenters. The van der Waals surface area contributed by atoms with Crippen molar-refractivity contribution < 1.29 is 0 Å². The molecule has 0 saturated heterocycles. The minimum Gasteiger partial charge on any atom is -0.239 e. The van der Waals surface area contributed by atoms with Crippen LogP contribution >= 0.6 is 11.6 Å². The number of fused-ring (bicyclic) bond motifs is 3. The number of imidazole rings is 1. The molecule has 3 aromatic rings. The van der Waals surface area contributed by atoms with E-state index in [0.717, 1.165) is 22.1 Å². The zero-order valence-electron chi connectivity index (χ0n) is 8.11. The van der Waals surface area contributed by atoms with E-state index in [2.05, 4.69) is 10.1 Å². The Labute approximate surface area is 91.3 Å². The summed E-state index contributed by atoms with van der Waals surface area (Å²) >= 11 is 6.11. The van der Waals surface area contributed by atoms with E-state index in [1.807, 2.05) is 37.4 Å².